The van der Waals surface area contributed by atoms with Crippen LogP contribution in [-0.4, -0.2) is 39.3 Å². The van der Waals surface area contributed by atoms with Gasteiger partial charge in [-0.05, 0) is 25.2 Å². The largest absolute Gasteiger partial charge is 0.496 e. The van der Waals surface area contributed by atoms with Crippen molar-refractivity contribution in [3.63, 3.8) is 0 Å². The van der Waals surface area contributed by atoms with Crippen molar-refractivity contribution in [3.05, 3.63) is 29.3 Å². The summed E-state index contributed by atoms with van der Waals surface area (Å²) in [6.07, 6.45) is 0. The van der Waals surface area contributed by atoms with Gasteiger partial charge in [0.25, 0.3) is 0 Å². The van der Waals surface area contributed by atoms with Gasteiger partial charge >= 0.3 is 0 Å². The standard InChI is InChI=1S/C13H18N2O2/c1-15(6-7-16-2)10-12-8-11(9-14)4-5-13(12)17-3/h4-5,8H,6-7,10H2,1-3H3. The van der Waals surface area contributed by atoms with Gasteiger partial charge in [-0.25, -0.2) is 0 Å². The molecule has 4 heteroatoms. The molecule has 1 aromatic carbocycles. The van der Waals surface area contributed by atoms with Crippen LogP contribution in [0.5, 0.6) is 5.75 Å². The molecule has 1 aromatic rings. The molecule has 17 heavy (non-hydrogen) atoms. The lowest BCUT2D eigenvalue weighted by Crippen LogP contribution is -2.22. The molecule has 0 saturated heterocycles. The Labute approximate surface area is 102 Å². The number of nitriles is 1. The van der Waals surface area contributed by atoms with Crippen molar-refractivity contribution in [1.82, 2.24) is 4.90 Å². The molecule has 0 radical (unpaired) electrons. The first kappa shape index (κ1) is 13.5. The van der Waals surface area contributed by atoms with Crippen molar-refractivity contribution in [2.45, 2.75) is 6.54 Å². The van der Waals surface area contributed by atoms with E-state index < -0.39 is 0 Å². The lowest BCUT2D eigenvalue weighted by atomic mass is 10.1. The number of hydrogen-bond donors (Lipinski definition) is 0. The minimum absolute atomic E-state index is 0.654. The van der Waals surface area contributed by atoms with Gasteiger partial charge in [0.05, 0.1) is 25.3 Å². The van der Waals surface area contributed by atoms with E-state index in [9.17, 15) is 0 Å². The molecule has 0 aliphatic carbocycles. The molecular weight excluding hydrogens is 216 g/mol. The molecule has 92 valence electrons. The molecule has 0 N–H and O–H groups in total. The van der Waals surface area contributed by atoms with Gasteiger partial charge in [0.1, 0.15) is 5.75 Å². The van der Waals surface area contributed by atoms with Crippen LogP contribution < -0.4 is 4.74 Å². The molecule has 0 spiro atoms. The third kappa shape index (κ3) is 4.06. The summed E-state index contributed by atoms with van der Waals surface area (Å²) in [7, 11) is 5.34. The summed E-state index contributed by atoms with van der Waals surface area (Å²) in [4.78, 5) is 2.13. The minimum Gasteiger partial charge on any atom is -0.496 e. The first-order valence-electron chi connectivity index (χ1n) is 5.45. The predicted octanol–water partition coefficient (Wildman–Crippen LogP) is 1.65. The average molecular weight is 234 g/mol. The highest BCUT2D eigenvalue weighted by Gasteiger charge is 2.07. The zero-order valence-electron chi connectivity index (χ0n) is 10.6. The van der Waals surface area contributed by atoms with Gasteiger partial charge in [0.15, 0.2) is 0 Å². The van der Waals surface area contributed by atoms with Crippen LogP contribution in [0.3, 0.4) is 0 Å². The molecule has 0 atom stereocenters. The molecule has 0 fully saturated rings. The fourth-order valence-electron chi connectivity index (χ4n) is 1.59. The lowest BCUT2D eigenvalue weighted by Gasteiger charge is -2.18. The SMILES string of the molecule is COCCN(C)Cc1cc(C#N)ccc1OC. The van der Waals surface area contributed by atoms with Crippen LogP contribution in [0.15, 0.2) is 18.2 Å². The Hall–Kier alpha value is -1.57. The van der Waals surface area contributed by atoms with E-state index in [-0.39, 0.29) is 0 Å². The lowest BCUT2D eigenvalue weighted by molar-refractivity contribution is 0.158. The van der Waals surface area contributed by atoms with Crippen LogP contribution in [0.25, 0.3) is 0 Å². The van der Waals surface area contributed by atoms with Crippen LogP contribution in [0.1, 0.15) is 11.1 Å². The van der Waals surface area contributed by atoms with E-state index in [4.69, 9.17) is 14.7 Å². The average Bonchev–Trinajstić information content (AvgIpc) is 2.36. The van der Waals surface area contributed by atoms with Crippen LogP contribution >= 0.6 is 0 Å². The quantitative estimate of drug-likeness (QED) is 0.750. The molecule has 4 nitrogen and oxygen atoms in total. The number of nitrogens with zero attached hydrogens (tertiary/aromatic N) is 2. The van der Waals surface area contributed by atoms with E-state index in [0.29, 0.717) is 12.2 Å². The predicted molar refractivity (Wildman–Crippen MR) is 65.9 cm³/mol. The summed E-state index contributed by atoms with van der Waals surface area (Å²) >= 11 is 0. The number of benzene rings is 1. The van der Waals surface area contributed by atoms with Gasteiger partial charge in [0, 0.05) is 25.8 Å². The van der Waals surface area contributed by atoms with E-state index in [2.05, 4.69) is 11.0 Å². The molecule has 0 heterocycles. The van der Waals surface area contributed by atoms with Gasteiger partial charge in [-0.2, -0.15) is 5.26 Å². The summed E-state index contributed by atoms with van der Waals surface area (Å²) in [5.74, 6) is 0.813. The molecule has 0 bridgehead atoms. The smallest absolute Gasteiger partial charge is 0.123 e. The van der Waals surface area contributed by atoms with Crippen molar-refractivity contribution in [3.8, 4) is 11.8 Å². The maximum absolute atomic E-state index is 8.88. The molecule has 0 aliphatic rings. The maximum atomic E-state index is 8.88. The van der Waals surface area contributed by atoms with Gasteiger partial charge in [-0.15, -0.1) is 0 Å². The van der Waals surface area contributed by atoms with E-state index in [0.717, 1.165) is 24.4 Å². The second kappa shape index (κ2) is 6.89. The zero-order valence-corrected chi connectivity index (χ0v) is 10.6. The fraction of sp³-hybridized carbons (Fsp3) is 0.462. The van der Waals surface area contributed by atoms with E-state index in [1.807, 2.05) is 19.2 Å². The van der Waals surface area contributed by atoms with Crippen molar-refractivity contribution >= 4 is 0 Å². The van der Waals surface area contributed by atoms with E-state index >= 15 is 0 Å². The molecule has 0 aromatic heterocycles. The number of ether oxygens (including phenoxy) is 2. The first-order chi connectivity index (χ1) is 8.21. The van der Waals surface area contributed by atoms with Crippen LogP contribution in [0.2, 0.25) is 0 Å². The Kier molecular flexibility index (Phi) is 5.47. The molecule has 1 rings (SSSR count). The monoisotopic (exact) mass is 234 g/mol. The Morgan fingerprint density at radius 2 is 2.12 bits per heavy atom. The summed E-state index contributed by atoms with van der Waals surface area (Å²) < 4.78 is 10.3. The molecule has 0 unspecified atom stereocenters. The maximum Gasteiger partial charge on any atom is 0.123 e. The Bertz CT molecular complexity index is 399. The Balaban J connectivity index is 2.77. The summed E-state index contributed by atoms with van der Waals surface area (Å²) in [6.45, 7) is 2.27. The third-order valence-corrected chi connectivity index (χ3v) is 2.53. The number of likely N-dealkylation sites (N-methyl/N-ethyl adjacent to an activating group) is 1. The Morgan fingerprint density at radius 1 is 1.35 bits per heavy atom. The number of rotatable bonds is 6. The van der Waals surface area contributed by atoms with Gasteiger partial charge in [-0.3, -0.25) is 4.90 Å². The summed E-state index contributed by atoms with van der Waals surface area (Å²) in [6, 6.07) is 7.59. The highest BCUT2D eigenvalue weighted by molar-refractivity contribution is 5.41. The Morgan fingerprint density at radius 3 is 2.71 bits per heavy atom. The number of hydrogen-bond acceptors (Lipinski definition) is 4. The van der Waals surface area contributed by atoms with E-state index in [1.165, 1.54) is 0 Å². The van der Waals surface area contributed by atoms with Crippen molar-refractivity contribution < 1.29 is 9.47 Å². The van der Waals surface area contributed by atoms with Crippen LogP contribution in [0.4, 0.5) is 0 Å². The van der Waals surface area contributed by atoms with Crippen LogP contribution in [-0.2, 0) is 11.3 Å². The van der Waals surface area contributed by atoms with Crippen molar-refractivity contribution in [1.29, 1.82) is 5.26 Å². The molecule has 0 saturated carbocycles. The summed E-state index contributed by atoms with van der Waals surface area (Å²) in [5.41, 5.74) is 1.67. The zero-order chi connectivity index (χ0) is 12.7. The van der Waals surface area contributed by atoms with Gasteiger partial charge < -0.3 is 9.47 Å². The molecule has 0 aliphatic heterocycles. The normalized spacial score (nSPS) is 10.3. The van der Waals surface area contributed by atoms with Crippen molar-refractivity contribution in [2.75, 3.05) is 34.4 Å². The van der Waals surface area contributed by atoms with Crippen LogP contribution in [0, 0.1) is 11.3 Å². The summed E-state index contributed by atoms with van der Waals surface area (Å²) in [5, 5.41) is 8.88. The minimum atomic E-state index is 0.654. The third-order valence-electron chi connectivity index (χ3n) is 2.53. The number of methoxy groups -OCH3 is 2. The highest BCUT2D eigenvalue weighted by atomic mass is 16.5. The van der Waals surface area contributed by atoms with E-state index in [1.54, 1.807) is 20.3 Å². The second-order valence-electron chi connectivity index (χ2n) is 3.87. The topological polar surface area (TPSA) is 45.5 Å². The second-order valence-corrected chi connectivity index (χ2v) is 3.87. The van der Waals surface area contributed by atoms with Gasteiger partial charge in [0.2, 0.25) is 0 Å². The fourth-order valence-corrected chi connectivity index (χ4v) is 1.59. The highest BCUT2D eigenvalue weighted by Crippen LogP contribution is 2.20. The van der Waals surface area contributed by atoms with Crippen molar-refractivity contribution in [2.24, 2.45) is 0 Å². The van der Waals surface area contributed by atoms with Gasteiger partial charge in [-0.1, -0.05) is 0 Å². The molecular formula is C13H18N2O2. The molecule has 0 amide bonds. The first-order valence-corrected chi connectivity index (χ1v) is 5.45.